The molecular weight excluding hydrogens is 378 g/mol. The highest BCUT2D eigenvalue weighted by atomic mass is 35.5. The van der Waals surface area contributed by atoms with Crippen LogP contribution in [-0.2, 0) is 9.53 Å². The van der Waals surface area contributed by atoms with Crippen LogP contribution in [0.15, 0.2) is 17.3 Å². The lowest BCUT2D eigenvalue weighted by atomic mass is 10.2. The molecule has 1 saturated heterocycles. The quantitative estimate of drug-likeness (QED) is 0.678. The van der Waals surface area contributed by atoms with E-state index in [0.717, 1.165) is 10.9 Å². The van der Waals surface area contributed by atoms with Crippen molar-refractivity contribution in [2.75, 3.05) is 39.2 Å². The van der Waals surface area contributed by atoms with Gasteiger partial charge in [0.05, 0.1) is 42.0 Å². The van der Waals surface area contributed by atoms with Gasteiger partial charge in [-0.25, -0.2) is 4.98 Å². The number of hydrogen-bond donors (Lipinski definition) is 1. The molecule has 2 aromatic heterocycles. The summed E-state index contributed by atoms with van der Waals surface area (Å²) in [6.07, 6.45) is 0. The minimum absolute atomic E-state index is 0.0448. The van der Waals surface area contributed by atoms with Gasteiger partial charge in [-0.3, -0.25) is 4.79 Å². The summed E-state index contributed by atoms with van der Waals surface area (Å²) < 4.78 is 10.6. The number of halogens is 1. The number of carbonyl (C=O) groups is 1. The number of thioether (sulfide) groups is 1. The van der Waals surface area contributed by atoms with Crippen molar-refractivity contribution in [1.82, 2.24) is 25.1 Å². The first-order chi connectivity index (χ1) is 12.7. The Morgan fingerprint density at radius 3 is 2.96 bits per heavy atom. The zero-order chi connectivity index (χ0) is 18.1. The maximum Gasteiger partial charge on any atom is 0.233 e. The minimum Gasteiger partial charge on any atom is -0.495 e. The molecule has 1 N–H and O–H groups in total. The van der Waals surface area contributed by atoms with Crippen LogP contribution in [0.25, 0.3) is 22.1 Å². The summed E-state index contributed by atoms with van der Waals surface area (Å²) in [4.78, 5) is 21.7. The summed E-state index contributed by atoms with van der Waals surface area (Å²) in [6, 6.07) is 3.53. The lowest BCUT2D eigenvalue weighted by molar-refractivity contribution is -0.132. The van der Waals surface area contributed by atoms with Gasteiger partial charge in [-0.05, 0) is 12.1 Å². The van der Waals surface area contributed by atoms with Crippen LogP contribution in [0.5, 0.6) is 5.75 Å². The maximum absolute atomic E-state index is 12.2. The summed E-state index contributed by atoms with van der Waals surface area (Å²) in [6.45, 7) is 2.41. The van der Waals surface area contributed by atoms with Crippen molar-refractivity contribution in [3.63, 3.8) is 0 Å². The topological polar surface area (TPSA) is 93.2 Å². The summed E-state index contributed by atoms with van der Waals surface area (Å²) in [5, 5.41) is 10.1. The molecule has 1 fully saturated rings. The number of ether oxygens (including phenoxy) is 2. The van der Waals surface area contributed by atoms with Crippen molar-refractivity contribution >= 4 is 51.3 Å². The van der Waals surface area contributed by atoms with E-state index in [1.165, 1.54) is 11.8 Å². The van der Waals surface area contributed by atoms with E-state index in [2.05, 4.69) is 20.2 Å². The number of carbonyl (C=O) groups excluding carboxylic acids is 1. The van der Waals surface area contributed by atoms with Crippen molar-refractivity contribution < 1.29 is 14.3 Å². The molecule has 3 heterocycles. The minimum atomic E-state index is 0.0448. The van der Waals surface area contributed by atoms with E-state index in [9.17, 15) is 4.79 Å². The van der Waals surface area contributed by atoms with Gasteiger partial charge >= 0.3 is 0 Å². The second-order valence-corrected chi connectivity index (χ2v) is 7.05. The van der Waals surface area contributed by atoms with Gasteiger partial charge in [-0.15, -0.1) is 10.2 Å². The Hall–Kier alpha value is -2.10. The van der Waals surface area contributed by atoms with E-state index in [4.69, 9.17) is 21.1 Å². The molecular formula is C16H16ClN5O3S. The molecule has 1 amide bonds. The van der Waals surface area contributed by atoms with E-state index < -0.39 is 0 Å². The summed E-state index contributed by atoms with van der Waals surface area (Å²) >= 11 is 7.56. The van der Waals surface area contributed by atoms with Crippen molar-refractivity contribution in [1.29, 1.82) is 0 Å². The largest absolute Gasteiger partial charge is 0.495 e. The molecule has 3 aromatic rings. The molecule has 0 aliphatic carbocycles. The molecule has 8 nitrogen and oxygen atoms in total. The first-order valence-electron chi connectivity index (χ1n) is 8.04. The van der Waals surface area contributed by atoms with Gasteiger partial charge < -0.3 is 19.4 Å². The Balaban J connectivity index is 1.58. The molecule has 10 heteroatoms. The van der Waals surface area contributed by atoms with Crippen LogP contribution in [0.1, 0.15) is 0 Å². The summed E-state index contributed by atoms with van der Waals surface area (Å²) in [5.74, 6) is 0.960. The number of hydrogen-bond acceptors (Lipinski definition) is 7. The fraction of sp³-hybridized carbons (Fsp3) is 0.375. The predicted octanol–water partition coefficient (Wildman–Crippen LogP) is 2.12. The highest BCUT2D eigenvalue weighted by Crippen LogP contribution is 2.35. The first-order valence-corrected chi connectivity index (χ1v) is 9.40. The number of aromatic amines is 1. The molecule has 0 unspecified atom stereocenters. The Morgan fingerprint density at radius 1 is 1.38 bits per heavy atom. The fourth-order valence-corrected chi connectivity index (χ4v) is 3.80. The second kappa shape index (κ2) is 7.26. The average Bonchev–Trinajstić information content (AvgIpc) is 3.06. The second-order valence-electron chi connectivity index (χ2n) is 5.70. The monoisotopic (exact) mass is 393 g/mol. The van der Waals surface area contributed by atoms with Gasteiger partial charge in [-0.1, -0.05) is 23.4 Å². The molecule has 26 heavy (non-hydrogen) atoms. The summed E-state index contributed by atoms with van der Waals surface area (Å²) in [7, 11) is 1.59. The third-order valence-electron chi connectivity index (χ3n) is 4.17. The van der Waals surface area contributed by atoms with E-state index in [1.807, 2.05) is 0 Å². The third-order valence-corrected chi connectivity index (χ3v) is 5.31. The number of amides is 1. The molecule has 1 aliphatic rings. The number of benzene rings is 1. The van der Waals surface area contributed by atoms with Crippen LogP contribution in [-0.4, -0.2) is 70.1 Å². The zero-order valence-electron chi connectivity index (χ0n) is 14.0. The van der Waals surface area contributed by atoms with E-state index in [0.29, 0.717) is 53.4 Å². The van der Waals surface area contributed by atoms with Crippen LogP contribution >= 0.6 is 23.4 Å². The summed E-state index contributed by atoms with van der Waals surface area (Å²) in [5.41, 5.74) is 1.86. The average molecular weight is 394 g/mol. The van der Waals surface area contributed by atoms with Crippen LogP contribution in [0.2, 0.25) is 5.02 Å². The Morgan fingerprint density at radius 2 is 2.19 bits per heavy atom. The standard InChI is InChI=1S/C16H16ClN5O3S/c1-24-10-3-2-9(17)12-13(10)18-15-14(12)20-21-16(19-15)26-8-11(23)22-4-6-25-7-5-22/h2-3H,4-8H2,1H3,(H,18,19,21). The lowest BCUT2D eigenvalue weighted by Gasteiger charge is -2.26. The number of H-pyrrole nitrogens is 1. The number of methoxy groups -OCH3 is 1. The number of nitrogens with zero attached hydrogens (tertiary/aromatic N) is 4. The zero-order valence-corrected chi connectivity index (χ0v) is 15.6. The maximum atomic E-state index is 12.2. The molecule has 0 radical (unpaired) electrons. The van der Waals surface area contributed by atoms with Crippen LogP contribution in [0.4, 0.5) is 0 Å². The van der Waals surface area contributed by atoms with E-state index in [-0.39, 0.29) is 11.7 Å². The third kappa shape index (κ3) is 3.17. The Kier molecular flexibility index (Phi) is 4.84. The van der Waals surface area contributed by atoms with Crippen LogP contribution in [0.3, 0.4) is 0 Å². The molecule has 1 aromatic carbocycles. The number of nitrogens with one attached hydrogen (secondary N) is 1. The number of aromatic nitrogens is 4. The van der Waals surface area contributed by atoms with Gasteiger partial charge in [0.1, 0.15) is 11.3 Å². The molecule has 0 saturated carbocycles. The molecule has 0 bridgehead atoms. The first kappa shape index (κ1) is 17.3. The number of rotatable bonds is 4. The van der Waals surface area contributed by atoms with E-state index >= 15 is 0 Å². The SMILES string of the molecule is COc1ccc(Cl)c2c1[nH]c1nc(SCC(=O)N3CCOCC3)nnc12. The van der Waals surface area contributed by atoms with Crippen molar-refractivity contribution in [3.05, 3.63) is 17.2 Å². The number of morpholine rings is 1. The molecule has 4 rings (SSSR count). The highest BCUT2D eigenvalue weighted by Gasteiger charge is 2.19. The fourth-order valence-electron chi connectivity index (χ4n) is 2.86. The van der Waals surface area contributed by atoms with Crippen molar-refractivity contribution in [2.24, 2.45) is 0 Å². The Labute approximate surface area is 158 Å². The molecule has 1 aliphatic heterocycles. The normalized spacial score (nSPS) is 14.9. The van der Waals surface area contributed by atoms with Crippen LogP contribution < -0.4 is 4.74 Å². The lowest BCUT2D eigenvalue weighted by Crippen LogP contribution is -2.41. The molecule has 136 valence electrons. The smallest absolute Gasteiger partial charge is 0.233 e. The van der Waals surface area contributed by atoms with Crippen molar-refractivity contribution in [2.45, 2.75) is 5.16 Å². The Bertz CT molecular complexity index is 973. The van der Waals surface area contributed by atoms with Gasteiger partial charge in [0.15, 0.2) is 5.65 Å². The highest BCUT2D eigenvalue weighted by molar-refractivity contribution is 7.99. The predicted molar refractivity (Wildman–Crippen MR) is 98.9 cm³/mol. The van der Waals surface area contributed by atoms with Gasteiger partial charge in [0.2, 0.25) is 11.1 Å². The van der Waals surface area contributed by atoms with E-state index in [1.54, 1.807) is 24.1 Å². The number of fused-ring (bicyclic) bond motifs is 3. The molecule has 0 atom stereocenters. The van der Waals surface area contributed by atoms with Crippen molar-refractivity contribution in [3.8, 4) is 5.75 Å². The van der Waals surface area contributed by atoms with Gasteiger partial charge in [0.25, 0.3) is 0 Å². The molecule has 0 spiro atoms. The van der Waals surface area contributed by atoms with Gasteiger partial charge in [0, 0.05) is 13.1 Å². The van der Waals surface area contributed by atoms with Gasteiger partial charge in [-0.2, -0.15) is 0 Å². The van der Waals surface area contributed by atoms with Crippen LogP contribution in [0, 0.1) is 0 Å².